The summed E-state index contributed by atoms with van der Waals surface area (Å²) in [6.07, 6.45) is 0.848. The molecule has 0 bridgehead atoms. The SMILES string of the molecule is CC1CC1c1noc(C2CSCC2O)n1. The van der Waals surface area contributed by atoms with Crippen LogP contribution in [0, 0.1) is 5.92 Å². The highest BCUT2D eigenvalue weighted by molar-refractivity contribution is 7.99. The molecule has 0 radical (unpaired) electrons. The number of rotatable bonds is 2. The van der Waals surface area contributed by atoms with Crippen LogP contribution in [0.25, 0.3) is 0 Å². The Bertz CT molecular complexity index is 368. The smallest absolute Gasteiger partial charge is 0.233 e. The molecule has 2 aliphatic rings. The van der Waals surface area contributed by atoms with Gasteiger partial charge in [0, 0.05) is 17.4 Å². The molecular weight excluding hydrogens is 212 g/mol. The maximum Gasteiger partial charge on any atom is 0.233 e. The number of aliphatic hydroxyl groups is 1. The summed E-state index contributed by atoms with van der Waals surface area (Å²) in [5, 5.41) is 13.7. The first kappa shape index (κ1) is 9.66. The second-order valence-corrected chi connectivity index (χ2v) is 5.60. The van der Waals surface area contributed by atoms with Gasteiger partial charge in [0.05, 0.1) is 12.0 Å². The Morgan fingerprint density at radius 2 is 2.20 bits per heavy atom. The van der Waals surface area contributed by atoms with E-state index < -0.39 is 0 Å². The largest absolute Gasteiger partial charge is 0.391 e. The van der Waals surface area contributed by atoms with Crippen LogP contribution in [0.15, 0.2) is 4.52 Å². The molecule has 15 heavy (non-hydrogen) atoms. The Hall–Kier alpha value is -0.550. The Balaban J connectivity index is 1.78. The Labute approximate surface area is 92.4 Å². The maximum absolute atomic E-state index is 9.71. The maximum atomic E-state index is 9.71. The van der Waals surface area contributed by atoms with Crippen molar-refractivity contribution in [2.45, 2.75) is 31.3 Å². The van der Waals surface area contributed by atoms with E-state index >= 15 is 0 Å². The van der Waals surface area contributed by atoms with Gasteiger partial charge in [-0.05, 0) is 12.3 Å². The van der Waals surface area contributed by atoms with Gasteiger partial charge in [-0.2, -0.15) is 16.7 Å². The fourth-order valence-corrected chi connectivity index (χ4v) is 3.24. The predicted octanol–water partition coefficient (Wildman–Crippen LogP) is 1.38. The van der Waals surface area contributed by atoms with E-state index in [0.717, 1.165) is 17.3 Å². The van der Waals surface area contributed by atoms with Gasteiger partial charge in [0.15, 0.2) is 5.82 Å². The van der Waals surface area contributed by atoms with E-state index in [2.05, 4.69) is 17.1 Å². The molecular formula is C10H14N2O2S. The molecule has 4 unspecified atom stereocenters. The number of aromatic nitrogens is 2. The zero-order valence-electron chi connectivity index (χ0n) is 8.59. The average molecular weight is 226 g/mol. The van der Waals surface area contributed by atoms with Gasteiger partial charge in [0.25, 0.3) is 0 Å². The topological polar surface area (TPSA) is 59.2 Å². The number of aliphatic hydroxyl groups excluding tert-OH is 1. The van der Waals surface area contributed by atoms with Crippen LogP contribution in [0.2, 0.25) is 0 Å². The van der Waals surface area contributed by atoms with Gasteiger partial charge in [-0.25, -0.2) is 0 Å². The van der Waals surface area contributed by atoms with Crippen LogP contribution in [0.5, 0.6) is 0 Å². The minimum Gasteiger partial charge on any atom is -0.391 e. The van der Waals surface area contributed by atoms with Gasteiger partial charge in [0.2, 0.25) is 5.89 Å². The molecule has 0 aromatic carbocycles. The summed E-state index contributed by atoms with van der Waals surface area (Å²) >= 11 is 1.74. The molecule has 1 aromatic rings. The second-order valence-electron chi connectivity index (χ2n) is 4.52. The highest BCUT2D eigenvalue weighted by Crippen LogP contribution is 2.46. The third-order valence-electron chi connectivity index (χ3n) is 3.27. The number of hydrogen-bond acceptors (Lipinski definition) is 5. The molecule has 1 saturated heterocycles. The molecule has 1 saturated carbocycles. The van der Waals surface area contributed by atoms with E-state index in [1.165, 1.54) is 6.42 Å². The molecule has 3 rings (SSSR count). The van der Waals surface area contributed by atoms with Crippen molar-refractivity contribution in [3.8, 4) is 0 Å². The molecule has 0 amide bonds. The molecule has 2 heterocycles. The third kappa shape index (κ3) is 1.67. The Morgan fingerprint density at radius 1 is 1.40 bits per heavy atom. The van der Waals surface area contributed by atoms with Crippen LogP contribution < -0.4 is 0 Å². The van der Waals surface area contributed by atoms with Gasteiger partial charge in [0.1, 0.15) is 0 Å². The summed E-state index contributed by atoms with van der Waals surface area (Å²) in [5.74, 6) is 4.37. The van der Waals surface area contributed by atoms with E-state index in [9.17, 15) is 5.11 Å². The lowest BCUT2D eigenvalue weighted by molar-refractivity contribution is 0.164. The highest BCUT2D eigenvalue weighted by atomic mass is 32.2. The minimum absolute atomic E-state index is 0.0466. The van der Waals surface area contributed by atoms with E-state index in [1.807, 2.05) is 0 Å². The van der Waals surface area contributed by atoms with Gasteiger partial charge in [-0.3, -0.25) is 0 Å². The van der Waals surface area contributed by atoms with Crippen LogP contribution in [0.1, 0.15) is 36.9 Å². The average Bonchev–Trinajstić information content (AvgIpc) is 2.69. The van der Waals surface area contributed by atoms with Crippen LogP contribution >= 0.6 is 11.8 Å². The summed E-state index contributed by atoms with van der Waals surface area (Å²) < 4.78 is 5.23. The fourth-order valence-electron chi connectivity index (χ4n) is 2.01. The number of thioether (sulfide) groups is 1. The first-order chi connectivity index (χ1) is 7.25. The van der Waals surface area contributed by atoms with Crippen molar-refractivity contribution in [1.82, 2.24) is 10.1 Å². The first-order valence-electron chi connectivity index (χ1n) is 5.35. The molecule has 1 N–H and O–H groups in total. The normalized spacial score (nSPS) is 39.6. The molecule has 4 nitrogen and oxygen atoms in total. The van der Waals surface area contributed by atoms with Gasteiger partial charge >= 0.3 is 0 Å². The zero-order valence-corrected chi connectivity index (χ0v) is 9.41. The van der Waals surface area contributed by atoms with Gasteiger partial charge in [-0.1, -0.05) is 12.1 Å². The Morgan fingerprint density at radius 3 is 2.80 bits per heavy atom. The summed E-state index contributed by atoms with van der Waals surface area (Å²) in [6, 6.07) is 0. The van der Waals surface area contributed by atoms with E-state index in [4.69, 9.17) is 4.52 Å². The quantitative estimate of drug-likeness (QED) is 0.825. The molecule has 2 fully saturated rings. The van der Waals surface area contributed by atoms with Crippen LogP contribution in [-0.2, 0) is 0 Å². The van der Waals surface area contributed by atoms with E-state index in [-0.39, 0.29) is 12.0 Å². The van der Waals surface area contributed by atoms with Gasteiger partial charge < -0.3 is 9.63 Å². The molecule has 1 aromatic heterocycles. The van der Waals surface area contributed by atoms with Crippen molar-refractivity contribution >= 4 is 11.8 Å². The van der Waals surface area contributed by atoms with Gasteiger partial charge in [-0.15, -0.1) is 0 Å². The van der Waals surface area contributed by atoms with Crippen molar-refractivity contribution in [2.24, 2.45) is 5.92 Å². The molecule has 4 atom stereocenters. The summed E-state index contributed by atoms with van der Waals surface area (Å²) in [5.41, 5.74) is 0. The Kier molecular flexibility index (Phi) is 2.25. The zero-order chi connectivity index (χ0) is 10.4. The molecule has 5 heteroatoms. The van der Waals surface area contributed by atoms with Crippen molar-refractivity contribution < 1.29 is 9.63 Å². The highest BCUT2D eigenvalue weighted by Gasteiger charge is 2.39. The van der Waals surface area contributed by atoms with Crippen LogP contribution in [0.3, 0.4) is 0 Å². The number of hydrogen-bond donors (Lipinski definition) is 1. The molecule has 1 aliphatic carbocycles. The van der Waals surface area contributed by atoms with E-state index in [0.29, 0.717) is 17.7 Å². The summed E-state index contributed by atoms with van der Waals surface area (Å²) in [4.78, 5) is 4.40. The second kappa shape index (κ2) is 3.49. The number of nitrogens with zero attached hydrogens (tertiary/aromatic N) is 2. The van der Waals surface area contributed by atoms with E-state index in [1.54, 1.807) is 11.8 Å². The molecule has 1 aliphatic heterocycles. The minimum atomic E-state index is -0.320. The first-order valence-corrected chi connectivity index (χ1v) is 6.50. The lowest BCUT2D eigenvalue weighted by Crippen LogP contribution is -2.15. The van der Waals surface area contributed by atoms with Crippen molar-refractivity contribution in [2.75, 3.05) is 11.5 Å². The third-order valence-corrected chi connectivity index (χ3v) is 4.44. The molecule has 82 valence electrons. The van der Waals surface area contributed by atoms with Crippen molar-refractivity contribution in [1.29, 1.82) is 0 Å². The summed E-state index contributed by atoms with van der Waals surface area (Å²) in [7, 11) is 0. The summed E-state index contributed by atoms with van der Waals surface area (Å²) in [6.45, 7) is 2.20. The van der Waals surface area contributed by atoms with Crippen LogP contribution in [-0.4, -0.2) is 32.9 Å². The standard InChI is InChI=1S/C10H14N2O2S/c1-5-2-6(5)9-11-10(14-12-9)7-3-15-4-8(7)13/h5-8,13H,2-4H2,1H3. The fraction of sp³-hybridized carbons (Fsp3) is 0.800. The lowest BCUT2D eigenvalue weighted by atomic mass is 10.1. The van der Waals surface area contributed by atoms with Crippen molar-refractivity contribution in [3.63, 3.8) is 0 Å². The van der Waals surface area contributed by atoms with Crippen molar-refractivity contribution in [3.05, 3.63) is 11.7 Å². The monoisotopic (exact) mass is 226 g/mol. The molecule has 0 spiro atoms. The lowest BCUT2D eigenvalue weighted by Gasteiger charge is -2.06. The predicted molar refractivity (Wildman–Crippen MR) is 56.9 cm³/mol. The van der Waals surface area contributed by atoms with Crippen LogP contribution in [0.4, 0.5) is 0 Å².